The summed E-state index contributed by atoms with van der Waals surface area (Å²) < 4.78 is 5.63. The Bertz CT molecular complexity index is 411. The first-order valence-electron chi connectivity index (χ1n) is 7.24. The molecule has 2 heterocycles. The molecule has 18 heavy (non-hydrogen) atoms. The van der Waals surface area contributed by atoms with E-state index >= 15 is 0 Å². The third-order valence-electron chi connectivity index (χ3n) is 4.62. The molecular weight excluding hydrogens is 226 g/mol. The molecule has 2 fully saturated rings. The van der Waals surface area contributed by atoms with Crippen LogP contribution in [0.2, 0.25) is 0 Å². The number of nitrogens with zero attached hydrogens (tertiary/aromatic N) is 2. The highest BCUT2D eigenvalue weighted by Gasteiger charge is 2.46. The van der Waals surface area contributed by atoms with E-state index in [1.807, 2.05) is 0 Å². The second-order valence-corrected chi connectivity index (χ2v) is 6.29. The predicted octanol–water partition coefficient (Wildman–Crippen LogP) is 2.54. The minimum absolute atomic E-state index is 0.0868. The van der Waals surface area contributed by atoms with Crippen LogP contribution in [-0.4, -0.2) is 23.2 Å². The van der Waals surface area contributed by atoms with Gasteiger partial charge in [-0.2, -0.15) is 4.98 Å². The third kappa shape index (κ3) is 1.96. The second kappa shape index (κ2) is 4.34. The Hall–Kier alpha value is -0.900. The van der Waals surface area contributed by atoms with Crippen LogP contribution in [-0.2, 0) is 10.8 Å². The molecule has 0 bridgehead atoms. The first-order valence-corrected chi connectivity index (χ1v) is 7.24. The molecule has 1 aromatic heterocycles. The highest BCUT2D eigenvalue weighted by atomic mass is 16.5. The van der Waals surface area contributed by atoms with Crippen LogP contribution in [0.4, 0.5) is 0 Å². The zero-order chi connectivity index (χ0) is 12.6. The molecule has 1 atom stereocenters. The van der Waals surface area contributed by atoms with Gasteiger partial charge in [0.1, 0.15) is 0 Å². The van der Waals surface area contributed by atoms with Gasteiger partial charge >= 0.3 is 0 Å². The van der Waals surface area contributed by atoms with Crippen molar-refractivity contribution in [1.29, 1.82) is 0 Å². The molecule has 0 aromatic carbocycles. The number of aromatic nitrogens is 2. The molecule has 1 unspecified atom stereocenters. The van der Waals surface area contributed by atoms with Crippen molar-refractivity contribution in [2.24, 2.45) is 0 Å². The number of nitrogens with one attached hydrogen (secondary N) is 1. The topological polar surface area (TPSA) is 51.0 Å². The van der Waals surface area contributed by atoms with Gasteiger partial charge in [-0.3, -0.25) is 0 Å². The van der Waals surface area contributed by atoms with Gasteiger partial charge in [-0.25, -0.2) is 0 Å². The summed E-state index contributed by atoms with van der Waals surface area (Å²) in [6, 6.07) is 0. The molecule has 0 spiro atoms. The van der Waals surface area contributed by atoms with Gasteiger partial charge < -0.3 is 9.84 Å². The van der Waals surface area contributed by atoms with E-state index in [2.05, 4.69) is 24.3 Å². The Morgan fingerprint density at radius 3 is 2.78 bits per heavy atom. The molecule has 0 radical (unpaired) electrons. The highest BCUT2D eigenvalue weighted by molar-refractivity contribution is 5.17. The minimum Gasteiger partial charge on any atom is -0.339 e. The maximum absolute atomic E-state index is 5.63. The average Bonchev–Trinajstić information content (AvgIpc) is 2.95. The smallest absolute Gasteiger partial charge is 0.234 e. The molecule has 1 aromatic rings. The van der Waals surface area contributed by atoms with Crippen molar-refractivity contribution in [3.05, 3.63) is 11.7 Å². The van der Waals surface area contributed by atoms with Crippen LogP contribution in [0, 0.1) is 0 Å². The molecular formula is C14H23N3O. The number of hydrogen-bond acceptors (Lipinski definition) is 4. The van der Waals surface area contributed by atoms with E-state index in [4.69, 9.17) is 9.51 Å². The molecule has 1 N–H and O–H groups in total. The van der Waals surface area contributed by atoms with Crippen molar-refractivity contribution in [3.8, 4) is 0 Å². The molecule has 1 saturated carbocycles. The lowest BCUT2D eigenvalue weighted by atomic mass is 9.77. The molecule has 0 amide bonds. The van der Waals surface area contributed by atoms with Crippen LogP contribution in [0.5, 0.6) is 0 Å². The lowest BCUT2D eigenvalue weighted by Gasteiger charge is -2.34. The molecule has 1 aliphatic carbocycles. The minimum atomic E-state index is 0.0868. The van der Waals surface area contributed by atoms with Gasteiger partial charge in [0.2, 0.25) is 5.89 Å². The maximum Gasteiger partial charge on any atom is 0.234 e. The second-order valence-electron chi connectivity index (χ2n) is 6.29. The van der Waals surface area contributed by atoms with Crippen LogP contribution >= 0.6 is 0 Å². The first kappa shape index (κ1) is 12.2. The molecule has 3 rings (SSSR count). The number of hydrogen-bond donors (Lipinski definition) is 1. The van der Waals surface area contributed by atoms with E-state index in [1.165, 1.54) is 25.7 Å². The van der Waals surface area contributed by atoms with Crippen molar-refractivity contribution in [2.45, 2.75) is 63.2 Å². The fourth-order valence-corrected chi connectivity index (χ4v) is 3.04. The Morgan fingerprint density at radius 2 is 2.17 bits per heavy atom. The summed E-state index contributed by atoms with van der Waals surface area (Å²) in [4.78, 5) is 4.74. The van der Waals surface area contributed by atoms with Crippen molar-refractivity contribution in [2.75, 3.05) is 13.1 Å². The fourth-order valence-electron chi connectivity index (χ4n) is 3.04. The number of rotatable bonds is 4. The third-order valence-corrected chi connectivity index (χ3v) is 4.62. The first-order chi connectivity index (χ1) is 8.69. The van der Waals surface area contributed by atoms with Gasteiger partial charge in [0.05, 0.1) is 5.41 Å². The Kier molecular flexibility index (Phi) is 2.93. The summed E-state index contributed by atoms with van der Waals surface area (Å²) in [7, 11) is 0. The monoisotopic (exact) mass is 249 g/mol. The van der Waals surface area contributed by atoms with Gasteiger partial charge in [-0.05, 0) is 38.6 Å². The van der Waals surface area contributed by atoms with Gasteiger partial charge in [-0.15, -0.1) is 0 Å². The van der Waals surface area contributed by atoms with E-state index in [1.54, 1.807) is 0 Å². The van der Waals surface area contributed by atoms with E-state index in [0.717, 1.165) is 37.6 Å². The molecule has 1 aliphatic heterocycles. The zero-order valence-corrected chi connectivity index (χ0v) is 11.5. The fraction of sp³-hybridized carbons (Fsp3) is 0.857. The standard InChI is InChI=1S/C14H23N3O/c1-3-5-14(6-4-9-15-10-14)12-16-11(17-18-12)13(2)7-8-13/h15H,3-10H2,1-2H3. The van der Waals surface area contributed by atoms with Gasteiger partial charge in [0.25, 0.3) is 0 Å². The van der Waals surface area contributed by atoms with Crippen LogP contribution in [0.3, 0.4) is 0 Å². The van der Waals surface area contributed by atoms with Crippen LogP contribution in [0.25, 0.3) is 0 Å². The molecule has 4 heteroatoms. The van der Waals surface area contributed by atoms with Crippen molar-refractivity contribution < 1.29 is 4.52 Å². The van der Waals surface area contributed by atoms with Crippen LogP contribution < -0.4 is 5.32 Å². The largest absolute Gasteiger partial charge is 0.339 e. The summed E-state index contributed by atoms with van der Waals surface area (Å²) in [6.07, 6.45) is 7.08. The molecule has 4 nitrogen and oxygen atoms in total. The highest BCUT2D eigenvalue weighted by Crippen LogP contribution is 2.47. The normalized spacial score (nSPS) is 30.3. The SMILES string of the molecule is CCCC1(c2nc(C3(C)CC3)no2)CCCNC1. The summed E-state index contributed by atoms with van der Waals surface area (Å²) in [5.74, 6) is 1.80. The van der Waals surface area contributed by atoms with Gasteiger partial charge in [0.15, 0.2) is 5.82 Å². The molecule has 1 saturated heterocycles. The van der Waals surface area contributed by atoms with E-state index in [9.17, 15) is 0 Å². The van der Waals surface area contributed by atoms with Crippen LogP contribution in [0.1, 0.15) is 64.1 Å². The zero-order valence-electron chi connectivity index (χ0n) is 11.5. The Morgan fingerprint density at radius 1 is 1.33 bits per heavy atom. The predicted molar refractivity (Wildman–Crippen MR) is 69.6 cm³/mol. The molecule has 2 aliphatic rings. The van der Waals surface area contributed by atoms with Crippen molar-refractivity contribution >= 4 is 0 Å². The van der Waals surface area contributed by atoms with E-state index < -0.39 is 0 Å². The Labute approximate surface area is 109 Å². The van der Waals surface area contributed by atoms with E-state index in [-0.39, 0.29) is 10.8 Å². The maximum atomic E-state index is 5.63. The summed E-state index contributed by atoms with van der Waals surface area (Å²) in [6.45, 7) is 6.56. The molecule has 100 valence electrons. The summed E-state index contributed by atoms with van der Waals surface area (Å²) >= 11 is 0. The van der Waals surface area contributed by atoms with E-state index in [0.29, 0.717) is 0 Å². The average molecular weight is 249 g/mol. The lowest BCUT2D eigenvalue weighted by Crippen LogP contribution is -2.43. The van der Waals surface area contributed by atoms with Crippen LogP contribution in [0.15, 0.2) is 4.52 Å². The van der Waals surface area contributed by atoms with Gasteiger partial charge in [-0.1, -0.05) is 25.4 Å². The summed E-state index contributed by atoms with van der Waals surface area (Å²) in [5.41, 5.74) is 0.292. The summed E-state index contributed by atoms with van der Waals surface area (Å²) in [5, 5.41) is 7.73. The Balaban J connectivity index is 1.87. The number of piperidine rings is 1. The lowest BCUT2D eigenvalue weighted by molar-refractivity contribution is 0.212. The quantitative estimate of drug-likeness (QED) is 0.891. The van der Waals surface area contributed by atoms with Crippen molar-refractivity contribution in [3.63, 3.8) is 0 Å². The van der Waals surface area contributed by atoms with Gasteiger partial charge in [0, 0.05) is 12.0 Å². The van der Waals surface area contributed by atoms with Crippen molar-refractivity contribution in [1.82, 2.24) is 15.5 Å².